The van der Waals surface area contributed by atoms with E-state index in [1.54, 1.807) is 0 Å². The van der Waals surface area contributed by atoms with E-state index in [-0.39, 0.29) is 6.54 Å². The number of nitrogens with one attached hydrogen (secondary N) is 1. The number of aliphatic hydroxyl groups excluding tert-OH is 2. The third-order valence-electron chi connectivity index (χ3n) is 1.95. The van der Waals surface area contributed by atoms with Crippen LogP contribution < -0.4 is 4.72 Å². The summed E-state index contributed by atoms with van der Waals surface area (Å²) in [4.78, 5) is 0. The summed E-state index contributed by atoms with van der Waals surface area (Å²) in [6.07, 6.45) is 0.651. The van der Waals surface area contributed by atoms with Gasteiger partial charge >= 0.3 is 0 Å². The van der Waals surface area contributed by atoms with Crippen molar-refractivity contribution in [2.24, 2.45) is 0 Å². The molecule has 1 atom stereocenters. The minimum absolute atomic E-state index is 0.171. The number of nitrogens with zero attached hydrogens (tertiary/aromatic N) is 1. The molecule has 0 spiro atoms. The fourth-order valence-corrected chi connectivity index (χ4v) is 1.87. The van der Waals surface area contributed by atoms with E-state index >= 15 is 0 Å². The van der Waals surface area contributed by atoms with E-state index in [2.05, 4.69) is 4.72 Å². The van der Waals surface area contributed by atoms with Crippen molar-refractivity contribution in [2.75, 3.05) is 26.7 Å². The molecule has 92 valence electrons. The zero-order valence-electron chi connectivity index (χ0n) is 9.18. The Balaban J connectivity index is 4.05. The molecule has 0 aromatic heterocycles. The zero-order valence-corrected chi connectivity index (χ0v) is 10.00. The molecule has 0 radical (unpaired) electrons. The van der Waals surface area contributed by atoms with Gasteiger partial charge in [0, 0.05) is 20.1 Å². The second kappa shape index (κ2) is 7.13. The maximum Gasteiger partial charge on any atom is 0.279 e. The van der Waals surface area contributed by atoms with E-state index in [4.69, 9.17) is 10.2 Å². The van der Waals surface area contributed by atoms with Crippen LogP contribution in [0.15, 0.2) is 0 Å². The van der Waals surface area contributed by atoms with E-state index in [1.807, 2.05) is 6.92 Å². The van der Waals surface area contributed by atoms with Crippen LogP contribution in [-0.2, 0) is 10.2 Å². The van der Waals surface area contributed by atoms with Crippen LogP contribution in [0, 0.1) is 0 Å². The monoisotopic (exact) mass is 240 g/mol. The fourth-order valence-electron chi connectivity index (χ4n) is 0.877. The summed E-state index contributed by atoms with van der Waals surface area (Å²) in [6.45, 7) is 1.79. The second-order valence-electron chi connectivity index (χ2n) is 3.36. The van der Waals surface area contributed by atoms with Crippen LogP contribution in [0.2, 0.25) is 0 Å². The summed E-state index contributed by atoms with van der Waals surface area (Å²) >= 11 is 0. The molecule has 0 saturated heterocycles. The molecule has 0 aliphatic rings. The van der Waals surface area contributed by atoms with Crippen molar-refractivity contribution in [3.63, 3.8) is 0 Å². The molecule has 15 heavy (non-hydrogen) atoms. The molecule has 0 aromatic carbocycles. The first kappa shape index (κ1) is 14.8. The predicted molar refractivity (Wildman–Crippen MR) is 57.6 cm³/mol. The summed E-state index contributed by atoms with van der Waals surface area (Å²) in [7, 11) is -2.05. The molecule has 3 N–H and O–H groups in total. The maximum atomic E-state index is 11.5. The molecule has 0 bridgehead atoms. The first-order valence-electron chi connectivity index (χ1n) is 4.94. The average molecular weight is 240 g/mol. The first-order valence-corrected chi connectivity index (χ1v) is 6.38. The second-order valence-corrected chi connectivity index (χ2v) is 5.23. The minimum Gasteiger partial charge on any atom is -0.394 e. The van der Waals surface area contributed by atoms with E-state index in [0.29, 0.717) is 6.54 Å². The lowest BCUT2D eigenvalue weighted by atomic mass is 10.3. The van der Waals surface area contributed by atoms with Gasteiger partial charge < -0.3 is 10.2 Å². The lowest BCUT2D eigenvalue weighted by molar-refractivity contribution is 0.0985. The highest BCUT2D eigenvalue weighted by Crippen LogP contribution is 1.97. The van der Waals surface area contributed by atoms with E-state index < -0.39 is 22.9 Å². The molecule has 1 unspecified atom stereocenters. The van der Waals surface area contributed by atoms with E-state index in [9.17, 15) is 8.42 Å². The van der Waals surface area contributed by atoms with Gasteiger partial charge in [-0.05, 0) is 6.42 Å². The highest BCUT2D eigenvalue weighted by Gasteiger charge is 2.17. The van der Waals surface area contributed by atoms with Gasteiger partial charge in [-0.2, -0.15) is 17.4 Å². The first-order chi connectivity index (χ1) is 6.94. The summed E-state index contributed by atoms with van der Waals surface area (Å²) in [5.41, 5.74) is 0. The van der Waals surface area contributed by atoms with Gasteiger partial charge in [-0.3, -0.25) is 0 Å². The van der Waals surface area contributed by atoms with Gasteiger partial charge in [-0.1, -0.05) is 13.3 Å². The summed E-state index contributed by atoms with van der Waals surface area (Å²) in [6, 6.07) is 0. The van der Waals surface area contributed by atoms with Crippen LogP contribution in [-0.4, -0.2) is 55.8 Å². The lowest BCUT2D eigenvalue weighted by Gasteiger charge is -2.18. The number of aliphatic hydroxyl groups is 2. The Morgan fingerprint density at radius 1 is 1.47 bits per heavy atom. The van der Waals surface area contributed by atoms with Crippen LogP contribution >= 0.6 is 0 Å². The predicted octanol–water partition coefficient (Wildman–Crippen LogP) is -1.09. The SMILES string of the molecule is CCCCN(C)S(=O)(=O)NCC(O)CO. The van der Waals surface area contributed by atoms with Gasteiger partial charge in [0.15, 0.2) is 0 Å². The van der Waals surface area contributed by atoms with Crippen LogP contribution in [0.25, 0.3) is 0 Å². The molecule has 0 amide bonds. The smallest absolute Gasteiger partial charge is 0.279 e. The van der Waals surface area contributed by atoms with Crippen LogP contribution in [0.4, 0.5) is 0 Å². The van der Waals surface area contributed by atoms with Gasteiger partial charge in [0.2, 0.25) is 0 Å². The normalized spacial score (nSPS) is 14.5. The zero-order chi connectivity index (χ0) is 11.9. The lowest BCUT2D eigenvalue weighted by Crippen LogP contribution is -2.42. The largest absolute Gasteiger partial charge is 0.394 e. The molecule has 0 heterocycles. The van der Waals surface area contributed by atoms with Crippen LogP contribution in [0.3, 0.4) is 0 Å². The fraction of sp³-hybridized carbons (Fsp3) is 1.00. The van der Waals surface area contributed by atoms with Crippen molar-refractivity contribution >= 4 is 10.2 Å². The Hall–Kier alpha value is -0.210. The average Bonchev–Trinajstić information content (AvgIpc) is 2.22. The highest BCUT2D eigenvalue weighted by atomic mass is 32.2. The summed E-state index contributed by atoms with van der Waals surface area (Å²) in [5, 5.41) is 17.5. The Kier molecular flexibility index (Phi) is 7.03. The summed E-state index contributed by atoms with van der Waals surface area (Å²) < 4.78 is 26.4. The number of hydrogen-bond donors (Lipinski definition) is 3. The van der Waals surface area contributed by atoms with E-state index in [0.717, 1.165) is 12.8 Å². The van der Waals surface area contributed by atoms with Crippen LogP contribution in [0.1, 0.15) is 19.8 Å². The molecule has 0 aliphatic heterocycles. The topological polar surface area (TPSA) is 89.9 Å². The van der Waals surface area contributed by atoms with Crippen molar-refractivity contribution in [1.29, 1.82) is 0 Å². The molecular formula is C8H20N2O4S. The molecule has 0 aromatic rings. The molecule has 0 aliphatic carbocycles. The molecule has 6 nitrogen and oxygen atoms in total. The van der Waals surface area contributed by atoms with Gasteiger partial charge in [-0.25, -0.2) is 0 Å². The number of hydrogen-bond acceptors (Lipinski definition) is 4. The van der Waals surface area contributed by atoms with Gasteiger partial charge in [0.05, 0.1) is 12.7 Å². The standard InChI is InChI=1S/C8H20N2O4S/c1-3-4-5-10(2)15(13,14)9-6-8(12)7-11/h8-9,11-12H,3-7H2,1-2H3. The van der Waals surface area contributed by atoms with Crippen LogP contribution in [0.5, 0.6) is 0 Å². The van der Waals surface area contributed by atoms with Crippen molar-refractivity contribution in [3.8, 4) is 0 Å². The van der Waals surface area contributed by atoms with Crippen molar-refractivity contribution in [2.45, 2.75) is 25.9 Å². The van der Waals surface area contributed by atoms with Gasteiger partial charge in [0.1, 0.15) is 0 Å². The quantitative estimate of drug-likeness (QED) is 0.503. The Morgan fingerprint density at radius 2 is 2.07 bits per heavy atom. The third kappa shape index (κ3) is 6.06. The van der Waals surface area contributed by atoms with Gasteiger partial charge in [-0.15, -0.1) is 0 Å². The minimum atomic E-state index is -3.53. The number of rotatable bonds is 8. The van der Waals surface area contributed by atoms with Gasteiger partial charge in [0.25, 0.3) is 10.2 Å². The van der Waals surface area contributed by atoms with Crippen molar-refractivity contribution in [1.82, 2.24) is 9.03 Å². The maximum absolute atomic E-state index is 11.5. The molecule has 0 fully saturated rings. The Labute approximate surface area is 91.1 Å². The molecule has 0 rings (SSSR count). The van der Waals surface area contributed by atoms with Crippen molar-refractivity contribution in [3.05, 3.63) is 0 Å². The molecular weight excluding hydrogens is 220 g/mol. The molecule has 0 saturated carbocycles. The Morgan fingerprint density at radius 3 is 2.53 bits per heavy atom. The van der Waals surface area contributed by atoms with E-state index in [1.165, 1.54) is 11.4 Å². The number of unbranched alkanes of at least 4 members (excludes halogenated alkanes) is 1. The van der Waals surface area contributed by atoms with Crippen molar-refractivity contribution < 1.29 is 18.6 Å². The third-order valence-corrected chi connectivity index (χ3v) is 3.48. The summed E-state index contributed by atoms with van der Waals surface area (Å²) in [5.74, 6) is 0. The molecule has 7 heteroatoms. The Bertz CT molecular complexity index is 255. The highest BCUT2D eigenvalue weighted by molar-refractivity contribution is 7.87.